The van der Waals surface area contributed by atoms with E-state index in [0.717, 1.165) is 5.56 Å². The molecule has 1 saturated carbocycles. The van der Waals surface area contributed by atoms with Crippen molar-refractivity contribution in [2.45, 2.75) is 31.7 Å². The minimum absolute atomic E-state index is 0.0955. The second-order valence-corrected chi connectivity index (χ2v) is 4.12. The van der Waals surface area contributed by atoms with Gasteiger partial charge in [-0.2, -0.15) is 0 Å². The van der Waals surface area contributed by atoms with Gasteiger partial charge in [0.15, 0.2) is 0 Å². The smallest absolute Gasteiger partial charge is 0.123 e. The fraction of sp³-hybridized carbons (Fsp3) is 0.500. The maximum atomic E-state index is 12.7. The first-order valence-corrected chi connectivity index (χ1v) is 5.28. The highest BCUT2D eigenvalue weighted by Gasteiger charge is 2.22. The number of benzene rings is 1. The lowest BCUT2D eigenvalue weighted by molar-refractivity contribution is 0.444. The van der Waals surface area contributed by atoms with Crippen LogP contribution in [0.2, 0.25) is 0 Å². The molecule has 76 valence electrons. The molecular formula is C12H16FN. The summed E-state index contributed by atoms with van der Waals surface area (Å²) >= 11 is 0. The molecule has 0 amide bonds. The number of hydrogen-bond acceptors (Lipinski definition) is 1. The van der Waals surface area contributed by atoms with E-state index in [-0.39, 0.29) is 11.9 Å². The Bertz CT molecular complexity index is 288. The second kappa shape index (κ2) is 4.09. The van der Waals surface area contributed by atoms with Gasteiger partial charge in [0.25, 0.3) is 0 Å². The molecule has 1 atom stereocenters. The molecule has 2 heteroatoms. The molecule has 1 unspecified atom stereocenters. The van der Waals surface area contributed by atoms with Crippen molar-refractivity contribution in [3.63, 3.8) is 0 Å². The van der Waals surface area contributed by atoms with Gasteiger partial charge in [0.05, 0.1) is 0 Å². The molecule has 1 fully saturated rings. The van der Waals surface area contributed by atoms with Crippen LogP contribution in [-0.2, 0) is 0 Å². The maximum Gasteiger partial charge on any atom is 0.123 e. The Kier molecular flexibility index (Phi) is 2.82. The molecule has 2 N–H and O–H groups in total. The van der Waals surface area contributed by atoms with Crippen molar-refractivity contribution < 1.29 is 4.39 Å². The zero-order chi connectivity index (χ0) is 9.97. The summed E-state index contributed by atoms with van der Waals surface area (Å²) in [6, 6.07) is 6.68. The van der Waals surface area contributed by atoms with Gasteiger partial charge in [-0.25, -0.2) is 4.39 Å². The number of rotatable bonds is 2. The summed E-state index contributed by atoms with van der Waals surface area (Å²) < 4.78 is 12.7. The van der Waals surface area contributed by atoms with Crippen LogP contribution in [0, 0.1) is 11.7 Å². The molecule has 14 heavy (non-hydrogen) atoms. The van der Waals surface area contributed by atoms with Crippen LogP contribution >= 0.6 is 0 Å². The monoisotopic (exact) mass is 193 g/mol. The van der Waals surface area contributed by atoms with Gasteiger partial charge in [-0.15, -0.1) is 0 Å². The molecule has 1 aromatic carbocycles. The topological polar surface area (TPSA) is 26.0 Å². The first-order chi connectivity index (χ1) is 6.77. The van der Waals surface area contributed by atoms with E-state index in [4.69, 9.17) is 5.73 Å². The molecule has 1 aliphatic rings. The average Bonchev–Trinajstić information content (AvgIpc) is 2.71. The van der Waals surface area contributed by atoms with Gasteiger partial charge >= 0.3 is 0 Å². The van der Waals surface area contributed by atoms with Crippen LogP contribution in [0.1, 0.15) is 37.3 Å². The zero-order valence-corrected chi connectivity index (χ0v) is 8.25. The molecule has 2 rings (SSSR count). The van der Waals surface area contributed by atoms with Gasteiger partial charge in [-0.05, 0) is 36.5 Å². The largest absolute Gasteiger partial charge is 0.324 e. The van der Waals surface area contributed by atoms with E-state index in [1.54, 1.807) is 12.1 Å². The van der Waals surface area contributed by atoms with E-state index in [1.165, 1.54) is 37.8 Å². The van der Waals surface area contributed by atoms with E-state index in [1.807, 2.05) is 0 Å². The molecule has 0 saturated heterocycles. The third kappa shape index (κ3) is 1.95. The van der Waals surface area contributed by atoms with Gasteiger partial charge < -0.3 is 5.73 Å². The summed E-state index contributed by atoms with van der Waals surface area (Å²) in [5.41, 5.74) is 7.20. The normalized spacial score (nSPS) is 19.9. The van der Waals surface area contributed by atoms with Gasteiger partial charge in [-0.1, -0.05) is 25.0 Å². The SMILES string of the molecule is NC(c1ccc(F)cc1)C1CCCC1. The summed E-state index contributed by atoms with van der Waals surface area (Å²) in [6.07, 6.45) is 5.02. The fourth-order valence-corrected chi connectivity index (χ4v) is 2.27. The van der Waals surface area contributed by atoms with Crippen molar-refractivity contribution in [3.8, 4) is 0 Å². The average molecular weight is 193 g/mol. The third-order valence-electron chi connectivity index (χ3n) is 3.16. The van der Waals surface area contributed by atoms with E-state index < -0.39 is 0 Å². The van der Waals surface area contributed by atoms with Crippen molar-refractivity contribution in [1.82, 2.24) is 0 Å². The molecule has 0 aliphatic heterocycles. The predicted molar refractivity (Wildman–Crippen MR) is 55.3 cm³/mol. The Hall–Kier alpha value is -0.890. The summed E-state index contributed by atoms with van der Waals surface area (Å²) in [7, 11) is 0. The Morgan fingerprint density at radius 1 is 1.14 bits per heavy atom. The van der Waals surface area contributed by atoms with Gasteiger partial charge in [0.2, 0.25) is 0 Å². The molecule has 1 aliphatic carbocycles. The van der Waals surface area contributed by atoms with Crippen molar-refractivity contribution in [2.75, 3.05) is 0 Å². The van der Waals surface area contributed by atoms with Crippen LogP contribution in [0.25, 0.3) is 0 Å². The van der Waals surface area contributed by atoms with Crippen molar-refractivity contribution >= 4 is 0 Å². The summed E-state index contributed by atoms with van der Waals surface area (Å²) in [6.45, 7) is 0. The van der Waals surface area contributed by atoms with Crippen LogP contribution in [-0.4, -0.2) is 0 Å². The summed E-state index contributed by atoms with van der Waals surface area (Å²) in [5, 5.41) is 0. The fourth-order valence-electron chi connectivity index (χ4n) is 2.27. The first kappa shape index (κ1) is 9.66. The molecule has 0 aromatic heterocycles. The molecule has 0 spiro atoms. The van der Waals surface area contributed by atoms with Crippen LogP contribution in [0.3, 0.4) is 0 Å². The van der Waals surface area contributed by atoms with Gasteiger partial charge in [0.1, 0.15) is 5.82 Å². The maximum absolute atomic E-state index is 12.7. The highest BCUT2D eigenvalue weighted by atomic mass is 19.1. The van der Waals surface area contributed by atoms with E-state index in [2.05, 4.69) is 0 Å². The van der Waals surface area contributed by atoms with Crippen LogP contribution < -0.4 is 5.73 Å². The highest BCUT2D eigenvalue weighted by molar-refractivity contribution is 5.20. The zero-order valence-electron chi connectivity index (χ0n) is 8.25. The molecule has 0 radical (unpaired) electrons. The minimum Gasteiger partial charge on any atom is -0.324 e. The molecule has 1 nitrogen and oxygen atoms in total. The summed E-state index contributed by atoms with van der Waals surface area (Å²) in [5.74, 6) is 0.410. The molecule has 0 bridgehead atoms. The molecule has 1 aromatic rings. The number of hydrogen-bond donors (Lipinski definition) is 1. The van der Waals surface area contributed by atoms with E-state index in [0.29, 0.717) is 5.92 Å². The minimum atomic E-state index is -0.188. The van der Waals surface area contributed by atoms with Crippen molar-refractivity contribution in [1.29, 1.82) is 0 Å². The Labute approximate surface area is 84.1 Å². The predicted octanol–water partition coefficient (Wildman–Crippen LogP) is 3.02. The van der Waals surface area contributed by atoms with Crippen LogP contribution in [0.15, 0.2) is 24.3 Å². The van der Waals surface area contributed by atoms with E-state index in [9.17, 15) is 4.39 Å². The van der Waals surface area contributed by atoms with Gasteiger partial charge in [0, 0.05) is 6.04 Å². The van der Waals surface area contributed by atoms with E-state index >= 15 is 0 Å². The third-order valence-corrected chi connectivity index (χ3v) is 3.16. The summed E-state index contributed by atoms with van der Waals surface area (Å²) in [4.78, 5) is 0. The Morgan fingerprint density at radius 2 is 1.71 bits per heavy atom. The highest BCUT2D eigenvalue weighted by Crippen LogP contribution is 2.33. The quantitative estimate of drug-likeness (QED) is 0.767. The Morgan fingerprint density at radius 3 is 2.29 bits per heavy atom. The standard InChI is InChI=1S/C12H16FN/c13-11-7-5-10(6-8-11)12(14)9-3-1-2-4-9/h5-9,12H,1-4,14H2. The number of halogens is 1. The van der Waals surface area contributed by atoms with Crippen molar-refractivity contribution in [3.05, 3.63) is 35.6 Å². The molecule has 0 heterocycles. The van der Waals surface area contributed by atoms with Gasteiger partial charge in [-0.3, -0.25) is 0 Å². The lowest BCUT2D eigenvalue weighted by Crippen LogP contribution is -2.18. The Balaban J connectivity index is 2.09. The molecular weight excluding hydrogens is 177 g/mol. The lowest BCUT2D eigenvalue weighted by Gasteiger charge is -2.18. The van der Waals surface area contributed by atoms with Crippen LogP contribution in [0.5, 0.6) is 0 Å². The first-order valence-electron chi connectivity index (χ1n) is 5.28. The second-order valence-electron chi connectivity index (χ2n) is 4.12. The van der Waals surface area contributed by atoms with Crippen LogP contribution in [0.4, 0.5) is 4.39 Å². The van der Waals surface area contributed by atoms with Crippen molar-refractivity contribution in [2.24, 2.45) is 11.7 Å². The number of nitrogens with two attached hydrogens (primary N) is 1. The lowest BCUT2D eigenvalue weighted by atomic mass is 9.93.